The zero-order valence-corrected chi connectivity index (χ0v) is 20.5. The first-order valence-electron chi connectivity index (χ1n) is 12.5. The highest BCUT2D eigenvalue weighted by Crippen LogP contribution is 2.48. The normalized spacial score (nSPS) is 23.2. The average molecular weight is 452 g/mol. The van der Waals surface area contributed by atoms with Crippen molar-refractivity contribution in [1.82, 2.24) is 5.32 Å². The quantitative estimate of drug-likeness (QED) is 0.541. The lowest BCUT2D eigenvalue weighted by Gasteiger charge is -2.40. The van der Waals surface area contributed by atoms with Crippen LogP contribution in [0.3, 0.4) is 0 Å². The van der Waals surface area contributed by atoms with Crippen molar-refractivity contribution in [2.75, 3.05) is 6.61 Å². The number of nitrogens with one attached hydrogen (secondary N) is 1. The fourth-order valence-electron chi connectivity index (χ4n) is 5.48. The number of esters is 1. The predicted molar refractivity (Wildman–Crippen MR) is 129 cm³/mol. The van der Waals surface area contributed by atoms with Crippen LogP contribution in [-0.2, 0) is 14.3 Å². The number of benzene rings is 1. The van der Waals surface area contributed by atoms with Crippen LogP contribution in [0.15, 0.2) is 46.8 Å². The van der Waals surface area contributed by atoms with Crippen molar-refractivity contribution in [3.63, 3.8) is 0 Å². The lowest BCUT2D eigenvalue weighted by molar-refractivity contribution is -0.146. The zero-order valence-electron chi connectivity index (χ0n) is 20.5. The summed E-state index contributed by atoms with van der Waals surface area (Å²) in [4.78, 5) is 27.1. The molecule has 1 heterocycles. The third-order valence-corrected chi connectivity index (χ3v) is 6.98. The van der Waals surface area contributed by atoms with Gasteiger partial charge in [-0.05, 0) is 56.9 Å². The predicted octanol–water partition coefficient (Wildman–Crippen LogP) is 5.96. The Labute approximate surface area is 197 Å². The van der Waals surface area contributed by atoms with Crippen molar-refractivity contribution in [1.29, 1.82) is 0 Å². The van der Waals surface area contributed by atoms with E-state index in [0.717, 1.165) is 61.2 Å². The van der Waals surface area contributed by atoms with E-state index in [0.29, 0.717) is 24.2 Å². The largest absolute Gasteiger partial charge is 0.493 e. The van der Waals surface area contributed by atoms with Gasteiger partial charge in [0.1, 0.15) is 11.9 Å². The van der Waals surface area contributed by atoms with Crippen LogP contribution in [0.5, 0.6) is 5.75 Å². The van der Waals surface area contributed by atoms with E-state index < -0.39 is 5.92 Å². The van der Waals surface area contributed by atoms with Crippen LogP contribution in [0.25, 0.3) is 0 Å². The molecule has 1 saturated carbocycles. The Morgan fingerprint density at radius 3 is 2.58 bits per heavy atom. The minimum Gasteiger partial charge on any atom is -0.493 e. The summed E-state index contributed by atoms with van der Waals surface area (Å²) in [6, 6.07) is 7.81. The number of rotatable bonds is 6. The monoisotopic (exact) mass is 451 g/mol. The van der Waals surface area contributed by atoms with Crippen molar-refractivity contribution in [3.8, 4) is 5.75 Å². The molecule has 1 fully saturated rings. The van der Waals surface area contributed by atoms with Gasteiger partial charge < -0.3 is 14.8 Å². The molecule has 4 rings (SSSR count). The van der Waals surface area contributed by atoms with E-state index >= 15 is 0 Å². The molecular formula is C28H37NO4. The number of carbonyl (C=O) groups is 2. The molecule has 0 bridgehead atoms. The van der Waals surface area contributed by atoms with Gasteiger partial charge in [0.2, 0.25) is 0 Å². The lowest BCUT2D eigenvalue weighted by atomic mass is 9.68. The Morgan fingerprint density at radius 1 is 1.12 bits per heavy atom. The second kappa shape index (κ2) is 9.74. The van der Waals surface area contributed by atoms with Crippen molar-refractivity contribution in [2.24, 2.45) is 5.41 Å². The van der Waals surface area contributed by atoms with E-state index in [9.17, 15) is 9.59 Å². The average Bonchev–Trinajstić information content (AvgIpc) is 2.76. The van der Waals surface area contributed by atoms with Gasteiger partial charge in [0.25, 0.3) is 0 Å². The smallest absolute Gasteiger partial charge is 0.337 e. The third kappa shape index (κ3) is 5.02. The van der Waals surface area contributed by atoms with Gasteiger partial charge >= 0.3 is 5.97 Å². The fourth-order valence-corrected chi connectivity index (χ4v) is 5.48. The molecule has 178 valence electrons. The van der Waals surface area contributed by atoms with E-state index in [2.05, 4.69) is 26.1 Å². The highest BCUT2D eigenvalue weighted by Gasteiger charge is 2.44. The molecule has 1 atom stereocenters. The molecule has 0 unspecified atom stereocenters. The van der Waals surface area contributed by atoms with Crippen LogP contribution in [-0.4, -0.2) is 24.5 Å². The molecule has 0 saturated heterocycles. The van der Waals surface area contributed by atoms with Crippen LogP contribution in [0, 0.1) is 5.41 Å². The summed E-state index contributed by atoms with van der Waals surface area (Å²) in [6.07, 6.45) is 7.27. The third-order valence-electron chi connectivity index (χ3n) is 6.98. The van der Waals surface area contributed by atoms with E-state index in [1.165, 1.54) is 6.42 Å². The van der Waals surface area contributed by atoms with Crippen molar-refractivity contribution in [2.45, 2.75) is 91.1 Å². The molecule has 1 N–H and O–H groups in total. The number of hydrogen-bond acceptors (Lipinski definition) is 5. The molecule has 3 aliphatic rings. The molecule has 1 aromatic carbocycles. The molecule has 0 aromatic heterocycles. The Morgan fingerprint density at radius 2 is 1.85 bits per heavy atom. The molecule has 0 spiro atoms. The number of ketones is 1. The molecule has 0 radical (unpaired) electrons. The summed E-state index contributed by atoms with van der Waals surface area (Å²) in [5, 5.41) is 3.43. The van der Waals surface area contributed by atoms with E-state index in [4.69, 9.17) is 9.47 Å². The first-order valence-corrected chi connectivity index (χ1v) is 12.5. The number of hydrogen-bond donors (Lipinski definition) is 1. The summed E-state index contributed by atoms with van der Waals surface area (Å²) in [7, 11) is 0. The Kier molecular flexibility index (Phi) is 6.96. The second-order valence-electron chi connectivity index (χ2n) is 10.5. The summed E-state index contributed by atoms with van der Waals surface area (Å²) < 4.78 is 12.1. The van der Waals surface area contributed by atoms with Gasteiger partial charge in [-0.25, -0.2) is 4.79 Å². The number of dihydropyridines is 1. The highest BCUT2D eigenvalue weighted by molar-refractivity contribution is 6.04. The second-order valence-corrected chi connectivity index (χ2v) is 10.5. The molecular weight excluding hydrogens is 414 g/mol. The summed E-state index contributed by atoms with van der Waals surface area (Å²) >= 11 is 0. The van der Waals surface area contributed by atoms with Crippen LogP contribution in [0.4, 0.5) is 0 Å². The van der Waals surface area contributed by atoms with Gasteiger partial charge in [-0.15, -0.1) is 0 Å². The van der Waals surface area contributed by atoms with Gasteiger partial charge in [0.15, 0.2) is 5.78 Å². The van der Waals surface area contributed by atoms with E-state index in [1.54, 1.807) is 0 Å². The maximum Gasteiger partial charge on any atom is 0.337 e. The minimum absolute atomic E-state index is 0.0462. The highest BCUT2D eigenvalue weighted by atomic mass is 16.5. The minimum atomic E-state index is -0.478. The zero-order chi connectivity index (χ0) is 23.6. The Bertz CT molecular complexity index is 981. The number of ether oxygens (including phenoxy) is 2. The summed E-state index contributed by atoms with van der Waals surface area (Å²) in [5.74, 6) is 0.0337. The standard InChI is InChI=1S/C28H37NO4/c1-5-15-32-23-14-10-9-13-20(23)25-24(27(31)33-19-11-7-6-8-12-19)18(2)29-21-16-28(3,4)17-22(30)26(21)25/h9-10,13-14,19,25,29H,5-8,11-12,15-17H2,1-4H3/t25-/m1/s1. The maximum absolute atomic E-state index is 13.6. The van der Waals surface area contributed by atoms with Crippen molar-refractivity contribution >= 4 is 11.8 Å². The van der Waals surface area contributed by atoms with Gasteiger partial charge in [-0.3, -0.25) is 4.79 Å². The van der Waals surface area contributed by atoms with Gasteiger partial charge in [-0.1, -0.05) is 45.4 Å². The molecule has 1 aromatic rings. The van der Waals surface area contributed by atoms with Crippen molar-refractivity contribution in [3.05, 3.63) is 52.4 Å². The summed E-state index contributed by atoms with van der Waals surface area (Å²) in [5.41, 5.74) is 3.69. The van der Waals surface area contributed by atoms with Gasteiger partial charge in [-0.2, -0.15) is 0 Å². The first kappa shape index (κ1) is 23.6. The number of allylic oxidation sites excluding steroid dienone is 3. The van der Waals surface area contributed by atoms with Crippen LogP contribution in [0.1, 0.15) is 90.5 Å². The first-order chi connectivity index (χ1) is 15.8. The number of para-hydroxylation sites is 1. The van der Waals surface area contributed by atoms with Crippen LogP contribution in [0.2, 0.25) is 0 Å². The maximum atomic E-state index is 13.6. The summed E-state index contributed by atoms with van der Waals surface area (Å²) in [6.45, 7) is 8.82. The topological polar surface area (TPSA) is 64.6 Å². The molecule has 0 amide bonds. The molecule has 33 heavy (non-hydrogen) atoms. The Balaban J connectivity index is 1.79. The lowest BCUT2D eigenvalue weighted by Crippen LogP contribution is -2.39. The van der Waals surface area contributed by atoms with E-state index in [-0.39, 0.29) is 23.3 Å². The number of Topliss-reactive ketones (excluding diaryl/α,β-unsaturated/α-hetero) is 1. The van der Waals surface area contributed by atoms with Crippen molar-refractivity contribution < 1.29 is 19.1 Å². The molecule has 1 aliphatic heterocycles. The van der Waals surface area contributed by atoms with E-state index in [1.807, 2.05) is 31.2 Å². The SMILES string of the molecule is CCCOc1ccccc1[C@@H]1C(C(=O)OC2CCCCC2)=C(C)NC2=C1C(=O)CC(C)(C)C2. The molecule has 5 heteroatoms. The van der Waals surface area contributed by atoms with Crippen LogP contribution >= 0.6 is 0 Å². The van der Waals surface area contributed by atoms with Crippen LogP contribution < -0.4 is 10.1 Å². The van der Waals surface area contributed by atoms with Gasteiger partial charge in [0, 0.05) is 29.0 Å². The molecule has 2 aliphatic carbocycles. The number of carbonyl (C=O) groups excluding carboxylic acids is 2. The molecule has 5 nitrogen and oxygen atoms in total. The van der Waals surface area contributed by atoms with Gasteiger partial charge in [0.05, 0.1) is 18.1 Å². The fraction of sp³-hybridized carbons (Fsp3) is 0.571. The Hall–Kier alpha value is -2.56.